The number of halogens is 1. The van der Waals surface area contributed by atoms with Crippen LogP contribution in [0.3, 0.4) is 0 Å². The van der Waals surface area contributed by atoms with E-state index in [0.717, 1.165) is 23.7 Å². The minimum Gasteiger partial charge on any atom is -0.373 e. The molecule has 1 N–H and O–H groups in total. The molecule has 0 radical (unpaired) electrons. The monoisotopic (exact) mass is 320 g/mol. The number of nitrogens with one attached hydrogen (secondary N) is 1. The zero-order valence-corrected chi connectivity index (χ0v) is 13.2. The second-order valence-electron chi connectivity index (χ2n) is 4.52. The highest BCUT2D eigenvalue weighted by Gasteiger charge is 2.14. The molecule has 0 saturated heterocycles. The predicted molar refractivity (Wildman–Crippen MR) is 84.5 cm³/mol. The zero-order valence-electron chi connectivity index (χ0n) is 12.5. The molecule has 3 aromatic rings. The number of rotatable bonds is 2. The molecule has 1 aliphatic rings. The third kappa shape index (κ3) is 2.77. The topological polar surface area (TPSA) is 69.3 Å². The van der Waals surface area contributed by atoms with Crippen LogP contribution in [-0.2, 0) is 17.9 Å². The Bertz CT molecular complexity index is 757. The lowest BCUT2D eigenvalue weighted by atomic mass is 10.3. The molecule has 0 aliphatic carbocycles. The Balaban J connectivity index is 0.000000693. The number of ether oxygens (including phenoxy) is 1. The van der Waals surface area contributed by atoms with E-state index in [1.54, 1.807) is 16.8 Å². The fourth-order valence-corrected chi connectivity index (χ4v) is 2.48. The minimum absolute atomic E-state index is 0.581. The lowest BCUT2D eigenvalue weighted by Crippen LogP contribution is -2.16. The fraction of sp³-hybridized carbons (Fsp3) is 0.357. The molecule has 4 rings (SSSR count). The highest BCUT2D eigenvalue weighted by atomic mass is 35.5. The van der Waals surface area contributed by atoms with E-state index in [1.165, 1.54) is 6.33 Å². The summed E-state index contributed by atoms with van der Waals surface area (Å²) >= 11 is 6.07. The van der Waals surface area contributed by atoms with Crippen LogP contribution in [0.2, 0.25) is 5.02 Å². The Kier molecular flexibility index (Phi) is 4.26. The summed E-state index contributed by atoms with van der Waals surface area (Å²) in [6, 6.07) is 3.77. The molecule has 0 aromatic carbocycles. The number of fused-ring (bicyclic) bond motifs is 2. The van der Waals surface area contributed by atoms with Crippen LogP contribution in [0.25, 0.3) is 5.65 Å². The van der Waals surface area contributed by atoms with Crippen molar-refractivity contribution in [3.8, 4) is 0 Å². The normalized spacial score (nSPS) is 13.4. The molecule has 22 heavy (non-hydrogen) atoms. The average molecular weight is 321 g/mol. The van der Waals surface area contributed by atoms with Gasteiger partial charge in [-0.3, -0.25) is 4.68 Å². The predicted octanol–water partition coefficient (Wildman–Crippen LogP) is 2.88. The summed E-state index contributed by atoms with van der Waals surface area (Å²) in [4.78, 5) is 4.21. The first-order valence-corrected chi connectivity index (χ1v) is 7.58. The summed E-state index contributed by atoms with van der Waals surface area (Å²) in [6.07, 6.45) is 3.20. The van der Waals surface area contributed by atoms with Crippen molar-refractivity contribution in [2.24, 2.45) is 0 Å². The first kappa shape index (κ1) is 14.8. The summed E-state index contributed by atoms with van der Waals surface area (Å²) in [5.74, 6) is 0.748. The van der Waals surface area contributed by atoms with Gasteiger partial charge < -0.3 is 10.1 Å². The van der Waals surface area contributed by atoms with Crippen LogP contribution in [-0.4, -0.2) is 31.0 Å². The molecule has 0 fully saturated rings. The Morgan fingerprint density at radius 1 is 1.32 bits per heavy atom. The van der Waals surface area contributed by atoms with Gasteiger partial charge in [0.05, 0.1) is 36.2 Å². The molecule has 4 heterocycles. The van der Waals surface area contributed by atoms with E-state index in [9.17, 15) is 0 Å². The van der Waals surface area contributed by atoms with Crippen LogP contribution in [0.5, 0.6) is 0 Å². The minimum atomic E-state index is 0.581. The molecule has 0 atom stereocenters. The molecule has 0 unspecified atom stereocenters. The van der Waals surface area contributed by atoms with Crippen LogP contribution in [0.1, 0.15) is 19.5 Å². The van der Waals surface area contributed by atoms with E-state index >= 15 is 0 Å². The SMILES string of the molecule is CC.Clc1cc(Nc2cc3n(n2)CCOC3)c2ncnn2c1. The van der Waals surface area contributed by atoms with Gasteiger partial charge in [0, 0.05) is 12.3 Å². The van der Waals surface area contributed by atoms with Gasteiger partial charge in [-0.25, -0.2) is 9.50 Å². The van der Waals surface area contributed by atoms with E-state index in [1.807, 2.05) is 24.6 Å². The number of pyridine rings is 1. The second kappa shape index (κ2) is 6.33. The van der Waals surface area contributed by atoms with Crippen LogP contribution >= 0.6 is 11.6 Å². The lowest BCUT2D eigenvalue weighted by molar-refractivity contribution is 0.0801. The molecule has 3 aromatic heterocycles. The van der Waals surface area contributed by atoms with Crippen LogP contribution in [0, 0.1) is 0 Å². The van der Waals surface area contributed by atoms with Gasteiger partial charge in [0.1, 0.15) is 6.33 Å². The smallest absolute Gasteiger partial charge is 0.178 e. The van der Waals surface area contributed by atoms with Gasteiger partial charge >= 0.3 is 0 Å². The Hall–Kier alpha value is -2.12. The van der Waals surface area contributed by atoms with Crippen LogP contribution in [0.15, 0.2) is 24.7 Å². The van der Waals surface area contributed by atoms with Gasteiger partial charge in [0.2, 0.25) is 0 Å². The standard InChI is InChI=1S/C12H11ClN6O.C2H6/c13-8-3-10(12-14-7-15-19(12)5-8)16-11-4-9-6-20-2-1-18(9)17-11;1-2/h3-5,7H,1-2,6H2,(H,16,17);1-2H3. The van der Waals surface area contributed by atoms with Gasteiger partial charge in [-0.2, -0.15) is 10.2 Å². The Labute approximate surface area is 132 Å². The molecule has 0 amide bonds. The van der Waals surface area contributed by atoms with Gasteiger partial charge in [0.15, 0.2) is 11.5 Å². The number of aromatic nitrogens is 5. The maximum absolute atomic E-state index is 6.07. The van der Waals surface area contributed by atoms with Crippen molar-refractivity contribution in [2.75, 3.05) is 11.9 Å². The number of nitrogens with zero attached hydrogens (tertiary/aromatic N) is 5. The average Bonchev–Trinajstić information content (AvgIpc) is 3.14. The molecular weight excluding hydrogens is 304 g/mol. The molecule has 0 spiro atoms. The van der Waals surface area contributed by atoms with E-state index in [2.05, 4.69) is 20.5 Å². The molecular formula is C14H17ClN6O. The summed E-state index contributed by atoms with van der Waals surface area (Å²) in [7, 11) is 0. The summed E-state index contributed by atoms with van der Waals surface area (Å²) in [5.41, 5.74) is 2.53. The highest BCUT2D eigenvalue weighted by Crippen LogP contribution is 2.24. The van der Waals surface area contributed by atoms with Gasteiger partial charge in [-0.15, -0.1) is 0 Å². The molecule has 1 aliphatic heterocycles. The lowest BCUT2D eigenvalue weighted by Gasteiger charge is -2.12. The Morgan fingerprint density at radius 2 is 2.18 bits per heavy atom. The number of hydrogen-bond acceptors (Lipinski definition) is 5. The van der Waals surface area contributed by atoms with Crippen molar-refractivity contribution in [3.63, 3.8) is 0 Å². The fourth-order valence-electron chi connectivity index (χ4n) is 2.28. The molecule has 7 nitrogen and oxygen atoms in total. The highest BCUT2D eigenvalue weighted by molar-refractivity contribution is 6.30. The van der Waals surface area contributed by atoms with Crippen molar-refractivity contribution in [1.82, 2.24) is 24.4 Å². The second-order valence-corrected chi connectivity index (χ2v) is 4.96. The molecule has 116 valence electrons. The largest absolute Gasteiger partial charge is 0.373 e. The third-order valence-corrected chi connectivity index (χ3v) is 3.37. The van der Waals surface area contributed by atoms with E-state index < -0.39 is 0 Å². The summed E-state index contributed by atoms with van der Waals surface area (Å²) < 4.78 is 8.97. The zero-order chi connectivity index (χ0) is 15.5. The first-order valence-electron chi connectivity index (χ1n) is 7.20. The van der Waals surface area contributed by atoms with E-state index in [0.29, 0.717) is 23.9 Å². The maximum Gasteiger partial charge on any atom is 0.178 e. The van der Waals surface area contributed by atoms with Crippen molar-refractivity contribution < 1.29 is 4.74 Å². The molecule has 0 saturated carbocycles. The van der Waals surface area contributed by atoms with Crippen molar-refractivity contribution >= 4 is 28.8 Å². The maximum atomic E-state index is 6.07. The van der Waals surface area contributed by atoms with Gasteiger partial charge in [-0.1, -0.05) is 25.4 Å². The van der Waals surface area contributed by atoms with Gasteiger partial charge in [-0.05, 0) is 6.07 Å². The molecule has 0 bridgehead atoms. The van der Waals surface area contributed by atoms with E-state index in [4.69, 9.17) is 16.3 Å². The third-order valence-electron chi connectivity index (χ3n) is 3.17. The number of anilines is 2. The van der Waals surface area contributed by atoms with Crippen LogP contribution < -0.4 is 5.32 Å². The van der Waals surface area contributed by atoms with Crippen molar-refractivity contribution in [3.05, 3.63) is 35.4 Å². The molecule has 8 heteroatoms. The first-order chi connectivity index (χ1) is 10.8. The Morgan fingerprint density at radius 3 is 3.00 bits per heavy atom. The van der Waals surface area contributed by atoms with E-state index in [-0.39, 0.29) is 0 Å². The van der Waals surface area contributed by atoms with Crippen molar-refractivity contribution in [1.29, 1.82) is 0 Å². The van der Waals surface area contributed by atoms with Gasteiger partial charge in [0.25, 0.3) is 0 Å². The van der Waals surface area contributed by atoms with Crippen molar-refractivity contribution in [2.45, 2.75) is 27.0 Å². The van der Waals surface area contributed by atoms with Crippen LogP contribution in [0.4, 0.5) is 11.5 Å². The number of hydrogen-bond donors (Lipinski definition) is 1. The summed E-state index contributed by atoms with van der Waals surface area (Å²) in [5, 5.41) is 12.4. The quantitative estimate of drug-likeness (QED) is 0.786. The summed E-state index contributed by atoms with van der Waals surface area (Å²) in [6.45, 7) is 6.05.